The molecule has 1 saturated carbocycles. The van der Waals surface area contributed by atoms with Gasteiger partial charge in [-0.15, -0.1) is 0 Å². The molecule has 2 fully saturated rings. The Hall–Kier alpha value is -0.900. The highest BCUT2D eigenvalue weighted by Crippen LogP contribution is 2.34. The van der Waals surface area contributed by atoms with Crippen molar-refractivity contribution in [2.75, 3.05) is 13.2 Å². The van der Waals surface area contributed by atoms with Crippen LogP contribution in [0.25, 0.3) is 0 Å². The minimum absolute atomic E-state index is 0.172. The van der Waals surface area contributed by atoms with Crippen LogP contribution in [-0.4, -0.2) is 35.9 Å². The highest BCUT2D eigenvalue weighted by molar-refractivity contribution is 6.05. The van der Waals surface area contributed by atoms with Crippen LogP contribution in [0, 0.1) is 5.92 Å². The molecule has 0 aromatic heterocycles. The summed E-state index contributed by atoms with van der Waals surface area (Å²) >= 11 is 0. The third-order valence-electron chi connectivity index (χ3n) is 3.56. The Labute approximate surface area is 95.6 Å². The Bertz CT molecular complexity index is 317. The van der Waals surface area contributed by atoms with Crippen molar-refractivity contribution in [1.29, 1.82) is 0 Å². The van der Waals surface area contributed by atoms with E-state index in [2.05, 4.69) is 5.10 Å². The molecule has 3 rings (SSSR count). The Kier molecular flexibility index (Phi) is 2.67. The minimum Gasteiger partial charge on any atom is -0.379 e. The molecule has 0 radical (unpaired) electrons. The monoisotopic (exact) mass is 222 g/mol. The van der Waals surface area contributed by atoms with Crippen LogP contribution < -0.4 is 0 Å². The lowest BCUT2D eigenvalue weighted by Crippen LogP contribution is -2.39. The van der Waals surface area contributed by atoms with Crippen molar-refractivity contribution >= 4 is 11.6 Å². The number of hydrazone groups is 1. The molecule has 1 amide bonds. The Morgan fingerprint density at radius 2 is 2.25 bits per heavy atom. The van der Waals surface area contributed by atoms with Crippen LogP contribution in [0.3, 0.4) is 0 Å². The van der Waals surface area contributed by atoms with Gasteiger partial charge in [0.15, 0.2) is 0 Å². The van der Waals surface area contributed by atoms with E-state index >= 15 is 0 Å². The second kappa shape index (κ2) is 4.17. The van der Waals surface area contributed by atoms with Crippen molar-refractivity contribution in [3.8, 4) is 0 Å². The van der Waals surface area contributed by atoms with Gasteiger partial charge in [0.25, 0.3) is 0 Å². The maximum absolute atomic E-state index is 11.8. The smallest absolute Gasteiger partial charge is 0.248 e. The first-order chi connectivity index (χ1) is 7.83. The standard InChI is InChI=1S/C12H18N2O2/c15-12-7-10(6-9-3-4-9)13-14(12)11-2-1-5-16-8-11/h9,11H,1-8H2/t11-/m0/s1. The predicted molar refractivity (Wildman–Crippen MR) is 60.1 cm³/mol. The average molecular weight is 222 g/mol. The summed E-state index contributed by atoms with van der Waals surface area (Å²) in [6, 6.07) is 0.193. The molecule has 2 aliphatic heterocycles. The molecule has 3 aliphatic rings. The van der Waals surface area contributed by atoms with E-state index in [1.807, 2.05) is 0 Å². The van der Waals surface area contributed by atoms with Crippen LogP contribution in [0.5, 0.6) is 0 Å². The second-order valence-corrected chi connectivity index (χ2v) is 5.10. The zero-order chi connectivity index (χ0) is 11.0. The van der Waals surface area contributed by atoms with Gasteiger partial charge in [-0.3, -0.25) is 4.79 Å². The molecule has 0 spiro atoms. The molecule has 0 aromatic carbocycles. The van der Waals surface area contributed by atoms with Crippen molar-refractivity contribution in [3.05, 3.63) is 0 Å². The lowest BCUT2D eigenvalue weighted by molar-refractivity contribution is -0.133. The van der Waals surface area contributed by atoms with Gasteiger partial charge in [-0.1, -0.05) is 0 Å². The number of hydrogen-bond acceptors (Lipinski definition) is 3. The van der Waals surface area contributed by atoms with Gasteiger partial charge in [-0.2, -0.15) is 5.10 Å². The first kappa shape index (κ1) is 10.3. The SMILES string of the molecule is O=C1CC(CC2CC2)=NN1[C@H]1CCCOC1. The van der Waals surface area contributed by atoms with Crippen LogP contribution in [-0.2, 0) is 9.53 Å². The summed E-state index contributed by atoms with van der Waals surface area (Å²) in [5.41, 5.74) is 1.10. The molecule has 1 atom stereocenters. The lowest BCUT2D eigenvalue weighted by atomic mass is 10.1. The molecular formula is C12H18N2O2. The molecule has 0 bridgehead atoms. The van der Waals surface area contributed by atoms with E-state index in [0.29, 0.717) is 13.0 Å². The molecule has 0 unspecified atom stereocenters. The van der Waals surface area contributed by atoms with Crippen LogP contribution in [0.2, 0.25) is 0 Å². The van der Waals surface area contributed by atoms with E-state index in [9.17, 15) is 4.79 Å². The summed E-state index contributed by atoms with van der Waals surface area (Å²) in [4.78, 5) is 11.8. The van der Waals surface area contributed by atoms with Crippen LogP contribution in [0.1, 0.15) is 38.5 Å². The second-order valence-electron chi connectivity index (χ2n) is 5.10. The molecule has 1 aliphatic carbocycles. The number of ether oxygens (including phenoxy) is 1. The molecule has 2 heterocycles. The van der Waals surface area contributed by atoms with Gasteiger partial charge in [0, 0.05) is 12.3 Å². The van der Waals surface area contributed by atoms with Crippen molar-refractivity contribution in [3.63, 3.8) is 0 Å². The number of hydrogen-bond donors (Lipinski definition) is 0. The molecule has 88 valence electrons. The van der Waals surface area contributed by atoms with Gasteiger partial charge in [0.1, 0.15) is 0 Å². The zero-order valence-electron chi connectivity index (χ0n) is 9.52. The molecule has 1 saturated heterocycles. The van der Waals surface area contributed by atoms with Crippen LogP contribution in [0.4, 0.5) is 0 Å². The van der Waals surface area contributed by atoms with Gasteiger partial charge >= 0.3 is 0 Å². The minimum atomic E-state index is 0.172. The van der Waals surface area contributed by atoms with E-state index in [1.165, 1.54) is 12.8 Å². The number of carbonyl (C=O) groups excluding carboxylic acids is 1. The molecule has 4 nitrogen and oxygen atoms in total. The Morgan fingerprint density at radius 3 is 2.94 bits per heavy atom. The Morgan fingerprint density at radius 1 is 1.38 bits per heavy atom. The van der Waals surface area contributed by atoms with Gasteiger partial charge < -0.3 is 4.74 Å². The predicted octanol–water partition coefficient (Wildman–Crippen LogP) is 1.55. The van der Waals surface area contributed by atoms with Crippen molar-refractivity contribution in [2.45, 2.75) is 44.6 Å². The quantitative estimate of drug-likeness (QED) is 0.727. The fourth-order valence-electron chi connectivity index (χ4n) is 2.47. The summed E-state index contributed by atoms with van der Waals surface area (Å²) in [5.74, 6) is 0.986. The molecule has 0 aromatic rings. The molecule has 0 N–H and O–H groups in total. The highest BCUT2D eigenvalue weighted by atomic mass is 16.5. The van der Waals surface area contributed by atoms with E-state index in [1.54, 1.807) is 5.01 Å². The molecule has 4 heteroatoms. The van der Waals surface area contributed by atoms with E-state index < -0.39 is 0 Å². The summed E-state index contributed by atoms with van der Waals surface area (Å²) in [6.45, 7) is 1.49. The van der Waals surface area contributed by atoms with Gasteiger partial charge in [-0.25, -0.2) is 5.01 Å². The van der Waals surface area contributed by atoms with Gasteiger partial charge in [0.05, 0.1) is 19.1 Å². The summed E-state index contributed by atoms with van der Waals surface area (Å²) in [6.07, 6.45) is 6.30. The summed E-state index contributed by atoms with van der Waals surface area (Å²) in [7, 11) is 0. The summed E-state index contributed by atoms with van der Waals surface area (Å²) < 4.78 is 5.41. The fourth-order valence-corrected chi connectivity index (χ4v) is 2.47. The molecule has 16 heavy (non-hydrogen) atoms. The topological polar surface area (TPSA) is 41.9 Å². The van der Waals surface area contributed by atoms with Crippen LogP contribution >= 0.6 is 0 Å². The van der Waals surface area contributed by atoms with E-state index in [0.717, 1.165) is 37.5 Å². The average Bonchev–Trinajstić information content (AvgIpc) is 3.03. The largest absolute Gasteiger partial charge is 0.379 e. The maximum Gasteiger partial charge on any atom is 0.248 e. The zero-order valence-corrected chi connectivity index (χ0v) is 9.52. The van der Waals surface area contributed by atoms with Gasteiger partial charge in [-0.05, 0) is 38.0 Å². The van der Waals surface area contributed by atoms with Gasteiger partial charge in [0.2, 0.25) is 5.91 Å². The number of rotatable bonds is 3. The normalized spacial score (nSPS) is 30.8. The van der Waals surface area contributed by atoms with Crippen molar-refractivity contribution in [2.24, 2.45) is 11.0 Å². The number of amides is 1. The fraction of sp³-hybridized carbons (Fsp3) is 0.833. The first-order valence-corrected chi connectivity index (χ1v) is 6.29. The van der Waals surface area contributed by atoms with Crippen molar-refractivity contribution in [1.82, 2.24) is 5.01 Å². The first-order valence-electron chi connectivity index (χ1n) is 6.29. The lowest BCUT2D eigenvalue weighted by Gasteiger charge is -2.27. The third kappa shape index (κ3) is 2.12. The third-order valence-corrected chi connectivity index (χ3v) is 3.56. The van der Waals surface area contributed by atoms with Crippen molar-refractivity contribution < 1.29 is 9.53 Å². The van der Waals surface area contributed by atoms with E-state index in [-0.39, 0.29) is 11.9 Å². The number of nitrogens with zero attached hydrogens (tertiary/aromatic N) is 2. The molecular weight excluding hydrogens is 204 g/mol. The number of carbonyl (C=O) groups is 1. The van der Waals surface area contributed by atoms with E-state index in [4.69, 9.17) is 4.74 Å². The highest BCUT2D eigenvalue weighted by Gasteiger charge is 2.33. The van der Waals surface area contributed by atoms with Crippen LogP contribution in [0.15, 0.2) is 5.10 Å². The Balaban J connectivity index is 1.64. The summed E-state index contributed by atoms with van der Waals surface area (Å²) in [5, 5.41) is 6.18. The maximum atomic E-state index is 11.8.